The highest BCUT2D eigenvalue weighted by Crippen LogP contribution is 2.26. The minimum atomic E-state index is 0.127. The molecule has 24 heavy (non-hydrogen) atoms. The third kappa shape index (κ3) is 2.71. The quantitative estimate of drug-likeness (QED) is 0.801. The molecule has 4 rings (SSSR count). The minimum Gasteiger partial charge on any atom is -0.381 e. The standard InChI is InChI=1S/C20H19N3O/c1-14(24)23-12-17-7-8-19(10-18(17)13-23)22-11-16-5-2-4-15-6-3-9-21-20(15)16/h2-10,22H,11-13H2,1H3. The molecule has 1 aliphatic rings. The molecule has 0 atom stereocenters. The van der Waals surface area contributed by atoms with Gasteiger partial charge in [0, 0.05) is 43.8 Å². The van der Waals surface area contributed by atoms with E-state index in [1.165, 1.54) is 16.7 Å². The van der Waals surface area contributed by atoms with Gasteiger partial charge in [0.2, 0.25) is 5.91 Å². The molecule has 3 aromatic rings. The normalized spacial score (nSPS) is 13.1. The van der Waals surface area contributed by atoms with E-state index in [-0.39, 0.29) is 5.91 Å². The molecule has 2 heterocycles. The molecule has 4 heteroatoms. The van der Waals surface area contributed by atoms with Crippen molar-refractivity contribution < 1.29 is 4.79 Å². The number of hydrogen-bond donors (Lipinski definition) is 1. The lowest BCUT2D eigenvalue weighted by atomic mass is 10.1. The molecule has 1 aliphatic heterocycles. The maximum absolute atomic E-state index is 11.5. The van der Waals surface area contributed by atoms with Crippen LogP contribution in [0.5, 0.6) is 0 Å². The van der Waals surface area contributed by atoms with Crippen LogP contribution in [-0.2, 0) is 24.4 Å². The molecule has 0 saturated heterocycles. The van der Waals surface area contributed by atoms with E-state index in [1.807, 2.05) is 17.2 Å². The van der Waals surface area contributed by atoms with Crippen molar-refractivity contribution >= 4 is 22.5 Å². The van der Waals surface area contributed by atoms with Gasteiger partial charge in [-0.05, 0) is 34.9 Å². The highest BCUT2D eigenvalue weighted by Gasteiger charge is 2.20. The van der Waals surface area contributed by atoms with Crippen LogP contribution in [0, 0.1) is 0 Å². The second kappa shape index (κ2) is 5.96. The van der Waals surface area contributed by atoms with Crippen LogP contribution in [-0.4, -0.2) is 15.8 Å². The zero-order valence-corrected chi connectivity index (χ0v) is 13.6. The summed E-state index contributed by atoms with van der Waals surface area (Å²) in [5.41, 5.74) is 5.76. The minimum absolute atomic E-state index is 0.127. The number of anilines is 1. The van der Waals surface area contributed by atoms with E-state index < -0.39 is 0 Å². The lowest BCUT2D eigenvalue weighted by molar-refractivity contribution is -0.129. The van der Waals surface area contributed by atoms with Crippen molar-refractivity contribution in [3.63, 3.8) is 0 Å². The molecule has 0 fully saturated rings. The highest BCUT2D eigenvalue weighted by molar-refractivity contribution is 5.81. The van der Waals surface area contributed by atoms with Crippen molar-refractivity contribution in [2.45, 2.75) is 26.6 Å². The van der Waals surface area contributed by atoms with Gasteiger partial charge in [0.1, 0.15) is 0 Å². The van der Waals surface area contributed by atoms with E-state index in [4.69, 9.17) is 0 Å². The van der Waals surface area contributed by atoms with Gasteiger partial charge in [-0.25, -0.2) is 0 Å². The average molecular weight is 317 g/mol. The SMILES string of the molecule is CC(=O)N1Cc2ccc(NCc3cccc4cccnc34)cc2C1. The number of amides is 1. The van der Waals surface area contributed by atoms with E-state index >= 15 is 0 Å². The monoisotopic (exact) mass is 317 g/mol. The Bertz CT molecular complexity index is 914. The second-order valence-corrected chi connectivity index (χ2v) is 6.20. The lowest BCUT2D eigenvalue weighted by Gasteiger charge is -2.11. The van der Waals surface area contributed by atoms with Gasteiger partial charge in [-0.15, -0.1) is 0 Å². The maximum atomic E-state index is 11.5. The van der Waals surface area contributed by atoms with Gasteiger partial charge in [-0.3, -0.25) is 9.78 Å². The van der Waals surface area contributed by atoms with Crippen molar-refractivity contribution in [3.05, 3.63) is 71.4 Å². The van der Waals surface area contributed by atoms with E-state index in [0.29, 0.717) is 6.54 Å². The summed E-state index contributed by atoms with van der Waals surface area (Å²) in [6.07, 6.45) is 1.83. The molecule has 4 nitrogen and oxygen atoms in total. The average Bonchev–Trinajstić information content (AvgIpc) is 3.03. The van der Waals surface area contributed by atoms with Crippen molar-refractivity contribution in [1.82, 2.24) is 9.88 Å². The smallest absolute Gasteiger partial charge is 0.220 e. The van der Waals surface area contributed by atoms with Crippen LogP contribution in [0.1, 0.15) is 23.6 Å². The molecule has 0 radical (unpaired) electrons. The Kier molecular flexibility index (Phi) is 3.65. The van der Waals surface area contributed by atoms with Crippen LogP contribution in [0.15, 0.2) is 54.7 Å². The number of benzene rings is 2. The zero-order valence-electron chi connectivity index (χ0n) is 13.6. The number of aromatic nitrogens is 1. The van der Waals surface area contributed by atoms with Crippen LogP contribution >= 0.6 is 0 Å². The van der Waals surface area contributed by atoms with Gasteiger partial charge in [-0.1, -0.05) is 30.3 Å². The molecule has 0 saturated carbocycles. The number of rotatable bonds is 3. The lowest BCUT2D eigenvalue weighted by Crippen LogP contribution is -2.21. The molecule has 2 aromatic carbocycles. The molecule has 1 aromatic heterocycles. The summed E-state index contributed by atoms with van der Waals surface area (Å²) >= 11 is 0. The third-order valence-electron chi connectivity index (χ3n) is 4.57. The molecule has 0 bridgehead atoms. The van der Waals surface area contributed by atoms with Crippen molar-refractivity contribution in [1.29, 1.82) is 0 Å². The Morgan fingerprint density at radius 2 is 1.96 bits per heavy atom. The van der Waals surface area contributed by atoms with E-state index in [1.54, 1.807) is 6.92 Å². The van der Waals surface area contributed by atoms with Gasteiger partial charge in [0.05, 0.1) is 5.52 Å². The van der Waals surface area contributed by atoms with Crippen molar-refractivity contribution in [2.24, 2.45) is 0 Å². The number of nitrogens with zero attached hydrogens (tertiary/aromatic N) is 2. The highest BCUT2D eigenvalue weighted by atomic mass is 16.2. The fourth-order valence-electron chi connectivity index (χ4n) is 3.23. The first-order valence-electron chi connectivity index (χ1n) is 8.14. The number of nitrogens with one attached hydrogen (secondary N) is 1. The number of para-hydroxylation sites is 1. The summed E-state index contributed by atoms with van der Waals surface area (Å²) in [6.45, 7) is 3.77. The summed E-state index contributed by atoms with van der Waals surface area (Å²) < 4.78 is 0. The van der Waals surface area contributed by atoms with Gasteiger partial charge in [0.15, 0.2) is 0 Å². The van der Waals surface area contributed by atoms with Crippen LogP contribution in [0.3, 0.4) is 0 Å². The Balaban J connectivity index is 1.53. The Labute approximate surface area is 141 Å². The fraction of sp³-hybridized carbons (Fsp3) is 0.200. The molecular formula is C20H19N3O. The third-order valence-corrected chi connectivity index (χ3v) is 4.57. The van der Waals surface area contributed by atoms with Crippen molar-refractivity contribution in [2.75, 3.05) is 5.32 Å². The van der Waals surface area contributed by atoms with E-state index in [0.717, 1.165) is 29.7 Å². The summed E-state index contributed by atoms with van der Waals surface area (Å²) in [5, 5.41) is 4.64. The predicted octanol–water partition coefficient (Wildman–Crippen LogP) is 3.71. The second-order valence-electron chi connectivity index (χ2n) is 6.20. The first-order valence-corrected chi connectivity index (χ1v) is 8.14. The number of hydrogen-bond acceptors (Lipinski definition) is 3. The van der Waals surface area contributed by atoms with Gasteiger partial charge in [0.25, 0.3) is 0 Å². The molecule has 0 aliphatic carbocycles. The number of pyridine rings is 1. The van der Waals surface area contributed by atoms with E-state index in [2.05, 4.69) is 52.8 Å². The van der Waals surface area contributed by atoms with Gasteiger partial charge < -0.3 is 10.2 Å². The molecule has 0 unspecified atom stereocenters. The van der Waals surface area contributed by atoms with Crippen molar-refractivity contribution in [3.8, 4) is 0 Å². The summed E-state index contributed by atoms with van der Waals surface area (Å²) in [5.74, 6) is 0.127. The number of carbonyl (C=O) groups excluding carboxylic acids is 1. The summed E-state index contributed by atoms with van der Waals surface area (Å²) in [6, 6.07) is 16.6. The number of fused-ring (bicyclic) bond motifs is 2. The molecule has 0 spiro atoms. The predicted molar refractivity (Wildman–Crippen MR) is 95.4 cm³/mol. The number of carbonyl (C=O) groups is 1. The summed E-state index contributed by atoms with van der Waals surface area (Å²) in [4.78, 5) is 17.9. The van der Waals surface area contributed by atoms with Crippen LogP contribution in [0.2, 0.25) is 0 Å². The summed E-state index contributed by atoms with van der Waals surface area (Å²) in [7, 11) is 0. The van der Waals surface area contributed by atoms with Gasteiger partial charge in [-0.2, -0.15) is 0 Å². The van der Waals surface area contributed by atoms with Gasteiger partial charge >= 0.3 is 0 Å². The largest absolute Gasteiger partial charge is 0.381 e. The first kappa shape index (κ1) is 14.7. The van der Waals surface area contributed by atoms with Crippen LogP contribution in [0.25, 0.3) is 10.9 Å². The molecule has 1 amide bonds. The Morgan fingerprint density at radius 1 is 1.12 bits per heavy atom. The maximum Gasteiger partial charge on any atom is 0.220 e. The fourth-order valence-corrected chi connectivity index (χ4v) is 3.23. The Hall–Kier alpha value is -2.88. The molecule has 1 N–H and O–H groups in total. The topological polar surface area (TPSA) is 45.2 Å². The van der Waals surface area contributed by atoms with Crippen LogP contribution in [0.4, 0.5) is 5.69 Å². The van der Waals surface area contributed by atoms with Crippen LogP contribution < -0.4 is 5.32 Å². The Morgan fingerprint density at radius 3 is 2.83 bits per heavy atom. The zero-order chi connectivity index (χ0) is 16.5. The molecular weight excluding hydrogens is 298 g/mol. The molecule has 120 valence electrons. The van der Waals surface area contributed by atoms with E-state index in [9.17, 15) is 4.79 Å². The first-order chi connectivity index (χ1) is 11.7.